The minimum Gasteiger partial charge on any atom is -0.393 e. The van der Waals surface area contributed by atoms with Crippen LogP contribution in [0.25, 0.3) is 0 Å². The monoisotopic (exact) mass is 308 g/mol. The number of rotatable bonds is 5. The predicted molar refractivity (Wildman–Crippen MR) is 79.6 cm³/mol. The van der Waals surface area contributed by atoms with Gasteiger partial charge in [-0.25, -0.2) is 0 Å². The number of ether oxygens (including phenoxy) is 2. The van der Waals surface area contributed by atoms with Gasteiger partial charge >= 0.3 is 0 Å². The highest BCUT2D eigenvalue weighted by Crippen LogP contribution is 2.35. The topological polar surface area (TPSA) is 58.9 Å². The summed E-state index contributed by atoms with van der Waals surface area (Å²) in [4.78, 5) is 0. The Hall–Kier alpha value is 0.540. The second kappa shape index (κ2) is 8.10. The van der Waals surface area contributed by atoms with Gasteiger partial charge in [0, 0.05) is 30.5 Å². The van der Waals surface area contributed by atoms with Crippen molar-refractivity contribution in [1.29, 1.82) is 0 Å². The van der Waals surface area contributed by atoms with E-state index in [0.29, 0.717) is 0 Å². The molecular weight excluding hydrogens is 284 g/mol. The molecule has 0 amide bonds. The van der Waals surface area contributed by atoms with Gasteiger partial charge in [-0.2, -0.15) is 23.5 Å². The molecule has 0 aromatic rings. The van der Waals surface area contributed by atoms with Crippen LogP contribution < -0.4 is 0 Å². The highest BCUT2D eigenvalue weighted by Gasteiger charge is 2.39. The molecule has 5 atom stereocenters. The number of thioether (sulfide) groups is 2. The van der Waals surface area contributed by atoms with Crippen molar-refractivity contribution >= 4 is 23.5 Å². The zero-order valence-corrected chi connectivity index (χ0v) is 13.0. The van der Waals surface area contributed by atoms with Crippen LogP contribution in [0.4, 0.5) is 0 Å². The van der Waals surface area contributed by atoms with Gasteiger partial charge in [-0.1, -0.05) is 0 Å². The first kappa shape index (κ1) is 15.9. The minimum atomic E-state index is -0.475. The fourth-order valence-corrected chi connectivity index (χ4v) is 5.33. The van der Waals surface area contributed by atoms with Gasteiger partial charge in [0.1, 0.15) is 6.79 Å². The van der Waals surface area contributed by atoms with Gasteiger partial charge in [-0.3, -0.25) is 0 Å². The van der Waals surface area contributed by atoms with Crippen molar-refractivity contribution < 1.29 is 19.7 Å². The molecule has 2 aliphatic heterocycles. The van der Waals surface area contributed by atoms with Crippen molar-refractivity contribution in [3.05, 3.63) is 0 Å². The summed E-state index contributed by atoms with van der Waals surface area (Å²) in [6.07, 6.45) is 0.945. The van der Waals surface area contributed by atoms with E-state index in [-0.39, 0.29) is 30.8 Å². The molecule has 4 nitrogen and oxygen atoms in total. The van der Waals surface area contributed by atoms with Crippen LogP contribution in [0.5, 0.6) is 0 Å². The van der Waals surface area contributed by atoms with Gasteiger partial charge in [0.05, 0.1) is 18.3 Å². The van der Waals surface area contributed by atoms with Crippen LogP contribution in [-0.2, 0) is 9.47 Å². The molecule has 0 radical (unpaired) electrons. The molecule has 0 bridgehead atoms. The molecule has 2 N–H and O–H groups in total. The summed E-state index contributed by atoms with van der Waals surface area (Å²) < 4.78 is 10.7. The summed E-state index contributed by atoms with van der Waals surface area (Å²) >= 11 is 3.69. The first-order valence-corrected chi connectivity index (χ1v) is 9.17. The first-order valence-electron chi connectivity index (χ1n) is 6.86. The quantitative estimate of drug-likeness (QED) is 0.745. The fourth-order valence-electron chi connectivity index (χ4n) is 2.81. The van der Waals surface area contributed by atoms with Crippen LogP contribution in [0.15, 0.2) is 0 Å². The second-order valence-corrected chi connectivity index (χ2v) is 7.52. The largest absolute Gasteiger partial charge is 0.393 e. The highest BCUT2D eigenvalue weighted by molar-refractivity contribution is 7.99. The molecule has 112 valence electrons. The molecule has 0 aliphatic carbocycles. The molecule has 0 aromatic carbocycles. The molecule has 0 saturated carbocycles. The van der Waals surface area contributed by atoms with E-state index in [2.05, 4.69) is 0 Å². The summed E-state index contributed by atoms with van der Waals surface area (Å²) in [7, 11) is 1.62. The Labute approximate surface area is 123 Å². The minimum absolute atomic E-state index is 0.0175. The summed E-state index contributed by atoms with van der Waals surface area (Å²) in [5.41, 5.74) is 0. The Bertz CT molecular complexity index is 267. The van der Waals surface area contributed by atoms with Crippen molar-refractivity contribution in [2.24, 2.45) is 11.8 Å². The second-order valence-electron chi connectivity index (χ2n) is 5.22. The molecule has 2 fully saturated rings. The van der Waals surface area contributed by atoms with Gasteiger partial charge in [0.2, 0.25) is 0 Å². The average Bonchev–Trinajstić information content (AvgIpc) is 2.45. The van der Waals surface area contributed by atoms with Crippen molar-refractivity contribution in [3.8, 4) is 0 Å². The van der Waals surface area contributed by atoms with Crippen LogP contribution in [0.1, 0.15) is 12.8 Å². The molecule has 0 aromatic heterocycles. The number of hydrogen-bond donors (Lipinski definition) is 2. The third-order valence-corrected chi connectivity index (χ3v) is 6.26. The van der Waals surface area contributed by atoms with E-state index < -0.39 is 6.10 Å². The van der Waals surface area contributed by atoms with Gasteiger partial charge in [0.25, 0.3) is 0 Å². The maximum Gasteiger partial charge on any atom is 0.146 e. The van der Waals surface area contributed by atoms with Gasteiger partial charge in [-0.05, 0) is 24.3 Å². The summed E-state index contributed by atoms with van der Waals surface area (Å²) in [5.74, 6) is 3.90. The Kier molecular flexibility index (Phi) is 6.79. The number of methoxy groups -OCH3 is 1. The molecule has 2 saturated heterocycles. The van der Waals surface area contributed by atoms with Crippen LogP contribution in [-0.4, -0.2) is 65.4 Å². The Morgan fingerprint density at radius 2 is 1.84 bits per heavy atom. The fraction of sp³-hybridized carbons (Fsp3) is 1.00. The lowest BCUT2D eigenvalue weighted by Crippen LogP contribution is -2.47. The van der Waals surface area contributed by atoms with E-state index in [9.17, 15) is 10.2 Å². The molecule has 2 rings (SSSR count). The van der Waals surface area contributed by atoms with Crippen molar-refractivity contribution in [1.82, 2.24) is 0 Å². The standard InChI is InChI=1S/C13H24O4S2/c1-16-8-17-12-3-5-19-7-10(12)13(15)9-6-18-4-2-11(9)14/h9-15H,2-8H2,1H3/t9-,10-,11-,12+,13+/m0/s1. The van der Waals surface area contributed by atoms with E-state index in [1.54, 1.807) is 7.11 Å². The van der Waals surface area contributed by atoms with Gasteiger partial charge < -0.3 is 19.7 Å². The predicted octanol–water partition coefficient (Wildman–Crippen LogP) is 1.20. The molecule has 19 heavy (non-hydrogen) atoms. The molecule has 2 aliphatic rings. The number of aliphatic hydroxyl groups excluding tert-OH is 2. The molecule has 6 heteroatoms. The molecular formula is C13H24O4S2. The number of aliphatic hydroxyl groups is 2. The SMILES string of the molecule is COCO[C@@H]1CCSC[C@@H]1[C@H](O)[C@H]1CSCC[C@@H]1O. The maximum atomic E-state index is 10.6. The first-order chi connectivity index (χ1) is 9.24. The van der Waals surface area contributed by atoms with E-state index in [1.807, 2.05) is 23.5 Å². The smallest absolute Gasteiger partial charge is 0.146 e. The van der Waals surface area contributed by atoms with Crippen LogP contribution >= 0.6 is 23.5 Å². The van der Waals surface area contributed by atoms with E-state index in [0.717, 1.165) is 35.9 Å². The lowest BCUT2D eigenvalue weighted by molar-refractivity contribution is -0.119. The third-order valence-electron chi connectivity index (χ3n) is 3.97. The summed E-state index contributed by atoms with van der Waals surface area (Å²) in [5, 5.41) is 20.7. The highest BCUT2D eigenvalue weighted by atomic mass is 32.2. The van der Waals surface area contributed by atoms with Crippen molar-refractivity contribution in [2.75, 3.05) is 36.9 Å². The summed E-state index contributed by atoms with van der Waals surface area (Å²) in [6.45, 7) is 0.278. The maximum absolute atomic E-state index is 10.6. The van der Waals surface area contributed by atoms with Crippen molar-refractivity contribution in [3.63, 3.8) is 0 Å². The lowest BCUT2D eigenvalue weighted by atomic mass is 9.84. The van der Waals surface area contributed by atoms with Crippen LogP contribution in [0.2, 0.25) is 0 Å². The Balaban J connectivity index is 1.95. The Morgan fingerprint density at radius 1 is 1.16 bits per heavy atom. The van der Waals surface area contributed by atoms with E-state index in [4.69, 9.17) is 9.47 Å². The summed E-state index contributed by atoms with van der Waals surface area (Å²) in [6, 6.07) is 0. The number of hydrogen-bond acceptors (Lipinski definition) is 6. The van der Waals surface area contributed by atoms with Crippen molar-refractivity contribution in [2.45, 2.75) is 31.2 Å². The van der Waals surface area contributed by atoms with Gasteiger partial charge in [-0.15, -0.1) is 0 Å². The molecule has 2 heterocycles. The third kappa shape index (κ3) is 4.25. The van der Waals surface area contributed by atoms with Crippen LogP contribution in [0.3, 0.4) is 0 Å². The zero-order chi connectivity index (χ0) is 13.7. The molecule has 0 spiro atoms. The Morgan fingerprint density at radius 3 is 2.53 bits per heavy atom. The lowest BCUT2D eigenvalue weighted by Gasteiger charge is -2.40. The van der Waals surface area contributed by atoms with Crippen LogP contribution in [0, 0.1) is 11.8 Å². The van der Waals surface area contributed by atoms with E-state index in [1.165, 1.54) is 0 Å². The molecule has 0 unspecified atom stereocenters. The zero-order valence-electron chi connectivity index (χ0n) is 11.4. The average molecular weight is 308 g/mol. The van der Waals surface area contributed by atoms with Gasteiger partial charge in [0.15, 0.2) is 0 Å². The van der Waals surface area contributed by atoms with E-state index >= 15 is 0 Å². The normalized spacial score (nSPS) is 38.1.